The van der Waals surface area contributed by atoms with Gasteiger partial charge in [0, 0.05) is 11.1 Å². The number of amides is 2. The van der Waals surface area contributed by atoms with Crippen LogP contribution in [0.4, 0.5) is 0 Å². The van der Waals surface area contributed by atoms with E-state index in [1.807, 2.05) is 20.8 Å². The first kappa shape index (κ1) is 23.2. The van der Waals surface area contributed by atoms with E-state index in [-0.39, 0.29) is 34.4 Å². The Kier molecular flexibility index (Phi) is 9.06. The van der Waals surface area contributed by atoms with Crippen molar-refractivity contribution in [2.45, 2.75) is 46.7 Å². The fourth-order valence-corrected chi connectivity index (χ4v) is 2.57. The molecule has 0 unspecified atom stereocenters. The Morgan fingerprint density at radius 2 is 1.63 bits per heavy atom. The van der Waals surface area contributed by atoms with Gasteiger partial charge in [0.25, 0.3) is 11.8 Å². The molecule has 2 N–H and O–H groups in total. The SMILES string of the molecule is CC(C)[C@H](C)NC(=O)COC(=O)[C@@H](NC(=O)c1ccc(Cl)cc1Cl)C(C)C. The lowest BCUT2D eigenvalue weighted by Gasteiger charge is -2.22. The molecule has 8 heteroatoms. The highest BCUT2D eigenvalue weighted by Crippen LogP contribution is 2.21. The molecule has 0 saturated heterocycles. The average molecular weight is 417 g/mol. The van der Waals surface area contributed by atoms with E-state index >= 15 is 0 Å². The van der Waals surface area contributed by atoms with Crippen LogP contribution in [0.1, 0.15) is 45.0 Å². The van der Waals surface area contributed by atoms with Crippen molar-refractivity contribution in [2.24, 2.45) is 11.8 Å². The van der Waals surface area contributed by atoms with Crippen molar-refractivity contribution >= 4 is 41.0 Å². The molecule has 1 aromatic carbocycles. The molecule has 2 amide bonds. The summed E-state index contributed by atoms with van der Waals surface area (Å²) >= 11 is 11.9. The summed E-state index contributed by atoms with van der Waals surface area (Å²) in [6, 6.07) is 3.50. The maximum Gasteiger partial charge on any atom is 0.329 e. The predicted octanol–water partition coefficient (Wildman–Crippen LogP) is 3.45. The van der Waals surface area contributed by atoms with Crippen molar-refractivity contribution in [3.63, 3.8) is 0 Å². The normalized spacial score (nSPS) is 13.2. The molecule has 0 spiro atoms. The molecular weight excluding hydrogens is 391 g/mol. The number of halogens is 2. The van der Waals surface area contributed by atoms with E-state index in [1.54, 1.807) is 13.8 Å². The van der Waals surface area contributed by atoms with Crippen LogP contribution in [0.5, 0.6) is 0 Å². The zero-order chi connectivity index (χ0) is 20.7. The number of esters is 1. The summed E-state index contributed by atoms with van der Waals surface area (Å²) in [4.78, 5) is 36.6. The molecule has 0 heterocycles. The van der Waals surface area contributed by atoms with E-state index in [9.17, 15) is 14.4 Å². The number of benzene rings is 1. The van der Waals surface area contributed by atoms with Crippen molar-refractivity contribution in [1.29, 1.82) is 0 Å². The first-order chi connectivity index (χ1) is 12.5. The third-order valence-electron chi connectivity index (χ3n) is 4.12. The molecule has 2 atom stereocenters. The van der Waals surface area contributed by atoms with Crippen LogP contribution >= 0.6 is 23.2 Å². The Balaban J connectivity index is 2.70. The maximum atomic E-state index is 12.4. The second-order valence-corrected chi connectivity index (χ2v) is 7.87. The number of rotatable bonds is 8. The summed E-state index contributed by atoms with van der Waals surface area (Å²) in [5.74, 6) is -1.58. The van der Waals surface area contributed by atoms with E-state index in [1.165, 1.54) is 18.2 Å². The Labute approximate surface area is 169 Å². The van der Waals surface area contributed by atoms with Crippen molar-refractivity contribution in [3.8, 4) is 0 Å². The fraction of sp³-hybridized carbons (Fsp3) is 0.526. The summed E-state index contributed by atoms with van der Waals surface area (Å²) in [5, 5.41) is 5.93. The van der Waals surface area contributed by atoms with Gasteiger partial charge < -0.3 is 15.4 Å². The van der Waals surface area contributed by atoms with Gasteiger partial charge in [-0.05, 0) is 37.0 Å². The van der Waals surface area contributed by atoms with E-state index in [0.717, 1.165) is 0 Å². The van der Waals surface area contributed by atoms with Crippen LogP contribution in [0, 0.1) is 11.8 Å². The third kappa shape index (κ3) is 7.39. The van der Waals surface area contributed by atoms with Crippen LogP contribution in [0.25, 0.3) is 0 Å². The van der Waals surface area contributed by atoms with E-state index in [2.05, 4.69) is 10.6 Å². The van der Waals surface area contributed by atoms with Gasteiger partial charge >= 0.3 is 5.97 Å². The monoisotopic (exact) mass is 416 g/mol. The number of ether oxygens (including phenoxy) is 1. The van der Waals surface area contributed by atoms with Crippen molar-refractivity contribution in [3.05, 3.63) is 33.8 Å². The van der Waals surface area contributed by atoms with Crippen LogP contribution in [0.15, 0.2) is 18.2 Å². The minimum Gasteiger partial charge on any atom is -0.454 e. The Hall–Kier alpha value is -1.79. The van der Waals surface area contributed by atoms with Gasteiger partial charge in [0.2, 0.25) is 0 Å². The largest absolute Gasteiger partial charge is 0.454 e. The fourth-order valence-electron chi connectivity index (χ4n) is 2.08. The van der Waals surface area contributed by atoms with Crippen molar-refractivity contribution < 1.29 is 19.1 Å². The van der Waals surface area contributed by atoms with Gasteiger partial charge in [-0.2, -0.15) is 0 Å². The lowest BCUT2D eigenvalue weighted by atomic mass is 10.0. The standard InChI is InChI=1S/C19H26Cl2N2O4/c1-10(2)12(5)22-16(24)9-27-19(26)17(11(3)4)23-18(25)14-7-6-13(20)8-15(14)21/h6-8,10-12,17H,9H2,1-5H3,(H,22,24)(H,23,25)/t12-,17-/m0/s1. The van der Waals surface area contributed by atoms with Gasteiger partial charge in [-0.15, -0.1) is 0 Å². The minimum atomic E-state index is -0.917. The first-order valence-corrected chi connectivity index (χ1v) is 9.50. The molecule has 0 aliphatic rings. The lowest BCUT2D eigenvalue weighted by molar-refractivity contribution is -0.151. The number of hydrogen-bond acceptors (Lipinski definition) is 4. The lowest BCUT2D eigenvalue weighted by Crippen LogP contribution is -2.46. The highest BCUT2D eigenvalue weighted by molar-refractivity contribution is 6.36. The first-order valence-electron chi connectivity index (χ1n) is 8.74. The van der Waals surface area contributed by atoms with Crippen LogP contribution in [0.2, 0.25) is 10.0 Å². The molecule has 0 bridgehead atoms. The molecule has 150 valence electrons. The van der Waals surface area contributed by atoms with Gasteiger partial charge in [0.15, 0.2) is 6.61 Å². The predicted molar refractivity (Wildman–Crippen MR) is 106 cm³/mol. The highest BCUT2D eigenvalue weighted by Gasteiger charge is 2.27. The number of nitrogens with one attached hydrogen (secondary N) is 2. The molecule has 6 nitrogen and oxygen atoms in total. The number of carbonyl (C=O) groups is 3. The Morgan fingerprint density at radius 3 is 2.15 bits per heavy atom. The van der Waals surface area contributed by atoms with Gasteiger partial charge in [-0.25, -0.2) is 4.79 Å². The Morgan fingerprint density at radius 1 is 1.00 bits per heavy atom. The van der Waals surface area contributed by atoms with Crippen LogP contribution in [-0.2, 0) is 14.3 Å². The molecule has 0 radical (unpaired) electrons. The number of carbonyl (C=O) groups excluding carboxylic acids is 3. The maximum absolute atomic E-state index is 12.4. The Bertz CT molecular complexity index is 692. The zero-order valence-electron chi connectivity index (χ0n) is 16.1. The van der Waals surface area contributed by atoms with Crippen LogP contribution < -0.4 is 10.6 Å². The second kappa shape index (κ2) is 10.5. The van der Waals surface area contributed by atoms with Gasteiger partial charge in [-0.1, -0.05) is 50.9 Å². The van der Waals surface area contributed by atoms with Gasteiger partial charge in [0.1, 0.15) is 6.04 Å². The van der Waals surface area contributed by atoms with Crippen LogP contribution in [0.3, 0.4) is 0 Å². The minimum absolute atomic E-state index is 0.0381. The molecule has 0 aromatic heterocycles. The summed E-state index contributed by atoms with van der Waals surface area (Å²) in [7, 11) is 0. The molecule has 0 saturated carbocycles. The van der Waals surface area contributed by atoms with Gasteiger partial charge in [0.05, 0.1) is 10.6 Å². The molecule has 0 aliphatic carbocycles. The second-order valence-electron chi connectivity index (χ2n) is 7.03. The summed E-state index contributed by atoms with van der Waals surface area (Å²) in [6.07, 6.45) is 0. The summed E-state index contributed by atoms with van der Waals surface area (Å²) < 4.78 is 5.07. The molecule has 1 aromatic rings. The van der Waals surface area contributed by atoms with Gasteiger partial charge in [-0.3, -0.25) is 9.59 Å². The molecule has 0 aliphatic heterocycles. The van der Waals surface area contributed by atoms with E-state index in [4.69, 9.17) is 27.9 Å². The number of hydrogen-bond donors (Lipinski definition) is 2. The summed E-state index contributed by atoms with van der Waals surface area (Å²) in [5.41, 5.74) is 0.197. The average Bonchev–Trinajstić information content (AvgIpc) is 2.56. The van der Waals surface area contributed by atoms with Crippen molar-refractivity contribution in [1.82, 2.24) is 10.6 Å². The van der Waals surface area contributed by atoms with Crippen molar-refractivity contribution in [2.75, 3.05) is 6.61 Å². The molecule has 27 heavy (non-hydrogen) atoms. The molecular formula is C19H26Cl2N2O4. The third-order valence-corrected chi connectivity index (χ3v) is 4.66. The quantitative estimate of drug-likeness (QED) is 0.635. The topological polar surface area (TPSA) is 84.5 Å². The van der Waals surface area contributed by atoms with E-state index < -0.39 is 24.5 Å². The molecule has 1 rings (SSSR count). The van der Waals surface area contributed by atoms with Crippen LogP contribution in [-0.4, -0.2) is 36.5 Å². The smallest absolute Gasteiger partial charge is 0.329 e. The van der Waals surface area contributed by atoms with E-state index in [0.29, 0.717) is 5.02 Å². The summed E-state index contributed by atoms with van der Waals surface area (Å²) in [6.45, 7) is 8.94. The zero-order valence-corrected chi connectivity index (χ0v) is 17.6. The highest BCUT2D eigenvalue weighted by atomic mass is 35.5. The molecule has 0 fully saturated rings.